The number of carbonyl (C=O) groups is 3. The fourth-order valence-corrected chi connectivity index (χ4v) is 5.19. The Labute approximate surface area is 200 Å². The third kappa shape index (κ3) is 5.08. The lowest BCUT2D eigenvalue weighted by Crippen LogP contribution is -2.50. The number of hydrogen-bond donors (Lipinski definition) is 2. The molecule has 2 atom stereocenters. The van der Waals surface area contributed by atoms with Crippen LogP contribution in [0.4, 0.5) is 4.79 Å². The summed E-state index contributed by atoms with van der Waals surface area (Å²) in [4.78, 5) is 38.8. The highest BCUT2D eigenvalue weighted by Crippen LogP contribution is 2.44. The van der Waals surface area contributed by atoms with E-state index in [2.05, 4.69) is 29.6 Å². The number of fused-ring (bicyclic) bond motifs is 3. The van der Waals surface area contributed by atoms with Gasteiger partial charge in [-0.1, -0.05) is 68.3 Å². The van der Waals surface area contributed by atoms with Gasteiger partial charge >= 0.3 is 12.1 Å². The standard InChI is InChI=1S/C27H32N2O5/c1-2-3-14-24(26(32)29-15-8-9-18(29)16-25(30)31)28-27(33)34-17-23-21-12-6-4-10-19(21)20-11-5-7-13-22(20)23/h4-7,10-13,18,23-24H,2-3,8-9,14-17H2,1H3,(H,28,33)(H,30,31)/t18-,24?/m0/s1. The van der Waals surface area contributed by atoms with Crippen LogP contribution in [0.5, 0.6) is 0 Å². The van der Waals surface area contributed by atoms with Gasteiger partial charge in [0, 0.05) is 18.5 Å². The summed E-state index contributed by atoms with van der Waals surface area (Å²) in [6.45, 7) is 2.73. The van der Waals surface area contributed by atoms with Crippen LogP contribution in [-0.2, 0) is 14.3 Å². The first kappa shape index (κ1) is 23.8. The van der Waals surface area contributed by atoms with Crippen molar-refractivity contribution in [2.75, 3.05) is 13.2 Å². The van der Waals surface area contributed by atoms with E-state index in [9.17, 15) is 19.5 Å². The van der Waals surface area contributed by atoms with Gasteiger partial charge in [0.05, 0.1) is 6.42 Å². The van der Waals surface area contributed by atoms with Crippen LogP contribution in [0.3, 0.4) is 0 Å². The molecule has 2 amide bonds. The molecule has 1 heterocycles. The Kier molecular flexibility index (Phi) is 7.50. The first-order valence-electron chi connectivity index (χ1n) is 12.1. The van der Waals surface area contributed by atoms with Gasteiger partial charge in [0.2, 0.25) is 5.91 Å². The highest BCUT2D eigenvalue weighted by Gasteiger charge is 2.35. The molecule has 1 aliphatic heterocycles. The Hall–Kier alpha value is -3.35. The second-order valence-corrected chi connectivity index (χ2v) is 9.09. The number of aliphatic carboxylic acids is 1. The number of likely N-dealkylation sites (tertiary alicyclic amines) is 1. The van der Waals surface area contributed by atoms with Gasteiger partial charge in [0.1, 0.15) is 12.6 Å². The largest absolute Gasteiger partial charge is 0.481 e. The van der Waals surface area contributed by atoms with Gasteiger partial charge < -0.3 is 20.1 Å². The van der Waals surface area contributed by atoms with Crippen LogP contribution in [0.25, 0.3) is 11.1 Å². The second-order valence-electron chi connectivity index (χ2n) is 9.09. The number of carbonyl (C=O) groups excluding carboxylic acids is 2. The smallest absolute Gasteiger partial charge is 0.407 e. The molecule has 2 aromatic carbocycles. The molecule has 0 saturated carbocycles. The molecular formula is C27H32N2O5. The maximum absolute atomic E-state index is 13.2. The minimum absolute atomic E-state index is 0.0542. The van der Waals surface area contributed by atoms with Gasteiger partial charge in [-0.05, 0) is 41.5 Å². The fourth-order valence-electron chi connectivity index (χ4n) is 5.19. The SMILES string of the molecule is CCCCC(NC(=O)OCC1c2ccccc2-c2ccccc21)C(=O)N1CCC[C@H]1CC(=O)O. The molecule has 7 nitrogen and oxygen atoms in total. The number of nitrogens with one attached hydrogen (secondary N) is 1. The number of carboxylic acids is 1. The number of benzene rings is 2. The molecule has 2 N–H and O–H groups in total. The van der Waals surface area contributed by atoms with Gasteiger partial charge in [-0.25, -0.2) is 4.79 Å². The molecule has 34 heavy (non-hydrogen) atoms. The summed E-state index contributed by atoms with van der Waals surface area (Å²) in [6.07, 6.45) is 2.91. The molecule has 0 bridgehead atoms. The highest BCUT2D eigenvalue weighted by atomic mass is 16.5. The average molecular weight is 465 g/mol. The van der Waals surface area contributed by atoms with Crippen LogP contribution in [0.2, 0.25) is 0 Å². The van der Waals surface area contributed by atoms with Crippen molar-refractivity contribution in [1.29, 1.82) is 0 Å². The third-order valence-electron chi connectivity index (χ3n) is 6.85. The molecule has 0 aromatic heterocycles. The van der Waals surface area contributed by atoms with Crippen molar-refractivity contribution in [3.63, 3.8) is 0 Å². The number of rotatable bonds is 9. The normalized spacial score (nSPS) is 17.7. The molecule has 1 unspecified atom stereocenters. The van der Waals surface area contributed by atoms with Crippen molar-refractivity contribution in [3.8, 4) is 11.1 Å². The van der Waals surface area contributed by atoms with E-state index in [-0.39, 0.29) is 30.9 Å². The molecule has 1 aliphatic carbocycles. The minimum atomic E-state index is -0.917. The Morgan fingerprint density at radius 2 is 1.74 bits per heavy atom. The van der Waals surface area contributed by atoms with Crippen molar-refractivity contribution in [1.82, 2.24) is 10.2 Å². The van der Waals surface area contributed by atoms with E-state index in [0.717, 1.165) is 41.5 Å². The lowest BCUT2D eigenvalue weighted by molar-refractivity contribution is -0.140. The zero-order valence-corrected chi connectivity index (χ0v) is 19.5. The van der Waals surface area contributed by atoms with E-state index >= 15 is 0 Å². The van der Waals surface area contributed by atoms with Crippen LogP contribution in [-0.4, -0.2) is 53.2 Å². The van der Waals surface area contributed by atoms with Gasteiger partial charge in [0.25, 0.3) is 0 Å². The van der Waals surface area contributed by atoms with E-state index in [1.807, 2.05) is 31.2 Å². The number of alkyl carbamates (subject to hydrolysis) is 1. The van der Waals surface area contributed by atoms with Crippen molar-refractivity contribution in [3.05, 3.63) is 59.7 Å². The molecule has 4 rings (SSSR count). The Morgan fingerprint density at radius 3 is 2.35 bits per heavy atom. The van der Waals surface area contributed by atoms with E-state index in [4.69, 9.17) is 4.74 Å². The van der Waals surface area contributed by atoms with E-state index in [1.54, 1.807) is 4.90 Å². The number of unbranched alkanes of at least 4 members (excludes halogenated alkanes) is 1. The summed E-state index contributed by atoms with van der Waals surface area (Å²) >= 11 is 0. The quantitative estimate of drug-likeness (QED) is 0.568. The third-order valence-corrected chi connectivity index (χ3v) is 6.85. The number of ether oxygens (including phenoxy) is 1. The topological polar surface area (TPSA) is 95.9 Å². The fraction of sp³-hybridized carbons (Fsp3) is 0.444. The molecule has 1 fully saturated rings. The number of nitrogens with zero attached hydrogens (tertiary/aromatic N) is 1. The highest BCUT2D eigenvalue weighted by molar-refractivity contribution is 5.86. The van der Waals surface area contributed by atoms with Crippen molar-refractivity contribution in [2.45, 2.75) is 63.5 Å². The number of hydrogen-bond acceptors (Lipinski definition) is 4. The lowest BCUT2D eigenvalue weighted by atomic mass is 9.98. The first-order valence-corrected chi connectivity index (χ1v) is 12.1. The van der Waals surface area contributed by atoms with Crippen molar-refractivity contribution < 1.29 is 24.2 Å². The predicted molar refractivity (Wildman–Crippen MR) is 129 cm³/mol. The van der Waals surface area contributed by atoms with Gasteiger partial charge in [0.15, 0.2) is 0 Å². The minimum Gasteiger partial charge on any atom is -0.481 e. The van der Waals surface area contributed by atoms with Crippen molar-refractivity contribution in [2.24, 2.45) is 0 Å². The molecule has 2 aliphatic rings. The Balaban J connectivity index is 1.42. The molecule has 0 spiro atoms. The number of carboxylic acid groups (broad SMARTS) is 1. The number of amides is 2. The summed E-state index contributed by atoms with van der Waals surface area (Å²) in [5.74, 6) is -1.19. The van der Waals surface area contributed by atoms with Crippen LogP contribution >= 0.6 is 0 Å². The molecule has 0 radical (unpaired) electrons. The second kappa shape index (κ2) is 10.7. The summed E-state index contributed by atoms with van der Waals surface area (Å²) in [7, 11) is 0. The maximum atomic E-state index is 13.2. The van der Waals surface area contributed by atoms with Gasteiger partial charge in [-0.2, -0.15) is 0 Å². The lowest BCUT2D eigenvalue weighted by Gasteiger charge is -2.28. The van der Waals surface area contributed by atoms with Crippen LogP contribution in [0, 0.1) is 0 Å². The summed E-state index contributed by atoms with van der Waals surface area (Å²) in [5.41, 5.74) is 4.57. The maximum Gasteiger partial charge on any atom is 0.407 e. The summed E-state index contributed by atoms with van der Waals surface area (Å²) < 4.78 is 5.64. The molecule has 2 aromatic rings. The molecule has 7 heteroatoms. The summed E-state index contributed by atoms with van der Waals surface area (Å²) in [6, 6.07) is 15.2. The summed E-state index contributed by atoms with van der Waals surface area (Å²) in [5, 5.41) is 12.0. The van der Waals surface area contributed by atoms with E-state index in [1.165, 1.54) is 0 Å². The monoisotopic (exact) mass is 464 g/mol. The van der Waals surface area contributed by atoms with E-state index in [0.29, 0.717) is 19.4 Å². The zero-order valence-electron chi connectivity index (χ0n) is 19.5. The van der Waals surface area contributed by atoms with Gasteiger partial charge in [-0.15, -0.1) is 0 Å². The van der Waals surface area contributed by atoms with Crippen LogP contribution in [0.15, 0.2) is 48.5 Å². The average Bonchev–Trinajstić information content (AvgIpc) is 3.42. The van der Waals surface area contributed by atoms with E-state index < -0.39 is 18.1 Å². The predicted octanol–water partition coefficient (Wildman–Crippen LogP) is 4.55. The zero-order chi connectivity index (χ0) is 24.1. The Morgan fingerprint density at radius 1 is 1.09 bits per heavy atom. The Bertz CT molecular complexity index is 1010. The van der Waals surface area contributed by atoms with Crippen LogP contribution in [0.1, 0.15) is 62.5 Å². The molecular weight excluding hydrogens is 432 g/mol. The van der Waals surface area contributed by atoms with Crippen molar-refractivity contribution >= 4 is 18.0 Å². The van der Waals surface area contributed by atoms with Gasteiger partial charge in [-0.3, -0.25) is 9.59 Å². The molecule has 1 saturated heterocycles. The molecule has 180 valence electrons. The van der Waals surface area contributed by atoms with Crippen LogP contribution < -0.4 is 5.32 Å². The first-order chi connectivity index (χ1) is 16.5.